The van der Waals surface area contributed by atoms with Gasteiger partial charge in [-0.05, 0) is 19.8 Å². The van der Waals surface area contributed by atoms with E-state index in [0.29, 0.717) is 0 Å². The molecule has 11 nitrogen and oxygen atoms in total. The van der Waals surface area contributed by atoms with Gasteiger partial charge in [0, 0.05) is 6.54 Å². The van der Waals surface area contributed by atoms with Crippen LogP contribution in [-0.2, 0) is 13.1 Å². The van der Waals surface area contributed by atoms with E-state index in [-0.39, 0.29) is 40.9 Å². The molecule has 0 aromatic carbocycles. The molecule has 26 heavy (non-hydrogen) atoms. The van der Waals surface area contributed by atoms with Gasteiger partial charge in [0.15, 0.2) is 5.78 Å². The Morgan fingerprint density at radius 1 is 1.35 bits per heavy atom. The average molecular weight is 364 g/mol. The van der Waals surface area contributed by atoms with E-state index >= 15 is 0 Å². The normalized spacial score (nSPS) is 11.1. The second kappa shape index (κ2) is 6.94. The number of rotatable bonds is 6. The predicted octanol–water partition coefficient (Wildman–Crippen LogP) is 0.379. The predicted molar refractivity (Wildman–Crippen MR) is 93.3 cm³/mol. The standard InChI is InChI=1S/C15H20N6O5/c1-7(2)5-19-13(16)11(14(23)17-15(19)24)10(22)6-20-9(4)12(21(25)26)8(3)18-20/h7H,5-6,16H2,1-4H3,(H,17,23,24). The molecule has 140 valence electrons. The Bertz CT molecular complexity index is 997. The van der Waals surface area contributed by atoms with Crippen LogP contribution in [-0.4, -0.2) is 30.0 Å². The number of ketones is 1. The fraction of sp³-hybridized carbons (Fsp3) is 0.467. The Labute approximate surface area is 147 Å². The molecule has 0 fully saturated rings. The number of aromatic amines is 1. The number of Topliss-reactive ketones (excluding diaryl/α,β-unsaturated/α-hetero) is 1. The van der Waals surface area contributed by atoms with Crippen LogP contribution in [0.5, 0.6) is 0 Å². The number of anilines is 1. The van der Waals surface area contributed by atoms with Crippen LogP contribution in [0.25, 0.3) is 0 Å². The quantitative estimate of drug-likeness (QED) is 0.425. The lowest BCUT2D eigenvalue weighted by Gasteiger charge is -2.14. The summed E-state index contributed by atoms with van der Waals surface area (Å²) in [6.45, 7) is 6.44. The number of nitro groups is 1. The highest BCUT2D eigenvalue weighted by Gasteiger charge is 2.25. The van der Waals surface area contributed by atoms with Crippen molar-refractivity contribution in [3.63, 3.8) is 0 Å². The minimum atomic E-state index is -0.895. The molecule has 0 saturated carbocycles. The number of carbonyl (C=O) groups is 1. The molecule has 0 aliphatic rings. The van der Waals surface area contributed by atoms with E-state index in [1.165, 1.54) is 13.8 Å². The third-order valence-corrected chi connectivity index (χ3v) is 3.89. The first-order valence-corrected chi connectivity index (χ1v) is 7.88. The minimum Gasteiger partial charge on any atom is -0.384 e. The molecular formula is C15H20N6O5. The second-order valence-electron chi connectivity index (χ2n) is 6.38. The van der Waals surface area contributed by atoms with E-state index < -0.39 is 28.5 Å². The molecule has 0 spiro atoms. The summed E-state index contributed by atoms with van der Waals surface area (Å²) in [5.74, 6) is -0.863. The number of H-pyrrole nitrogens is 1. The minimum absolute atomic E-state index is 0.0579. The van der Waals surface area contributed by atoms with E-state index in [1.807, 2.05) is 13.8 Å². The number of aromatic nitrogens is 4. The molecule has 0 bridgehead atoms. The molecule has 3 N–H and O–H groups in total. The Morgan fingerprint density at radius 2 is 1.96 bits per heavy atom. The van der Waals surface area contributed by atoms with Crippen LogP contribution in [0.1, 0.15) is 35.6 Å². The van der Waals surface area contributed by atoms with Crippen molar-refractivity contribution in [3.05, 3.63) is 47.9 Å². The molecule has 0 aliphatic carbocycles. The van der Waals surface area contributed by atoms with Crippen molar-refractivity contribution in [2.75, 3.05) is 5.73 Å². The van der Waals surface area contributed by atoms with E-state index in [2.05, 4.69) is 10.1 Å². The number of nitrogens with two attached hydrogens (primary N) is 1. The Balaban J connectivity index is 2.49. The van der Waals surface area contributed by atoms with E-state index in [0.717, 1.165) is 9.25 Å². The zero-order chi connectivity index (χ0) is 19.8. The topological polar surface area (TPSA) is 159 Å². The van der Waals surface area contributed by atoms with Crippen molar-refractivity contribution in [1.29, 1.82) is 0 Å². The summed E-state index contributed by atoms with van der Waals surface area (Å²) in [6, 6.07) is 0. The van der Waals surface area contributed by atoms with Crippen LogP contribution in [0, 0.1) is 29.9 Å². The molecule has 0 unspecified atom stereocenters. The van der Waals surface area contributed by atoms with Gasteiger partial charge in [-0.1, -0.05) is 13.8 Å². The van der Waals surface area contributed by atoms with Crippen LogP contribution in [0.4, 0.5) is 11.5 Å². The molecule has 0 radical (unpaired) electrons. The number of hydrogen-bond acceptors (Lipinski definition) is 7. The fourth-order valence-corrected chi connectivity index (χ4v) is 2.72. The lowest BCUT2D eigenvalue weighted by molar-refractivity contribution is -0.386. The first kappa shape index (κ1) is 19.1. The van der Waals surface area contributed by atoms with Crippen molar-refractivity contribution >= 4 is 17.3 Å². The van der Waals surface area contributed by atoms with Crippen molar-refractivity contribution in [3.8, 4) is 0 Å². The Morgan fingerprint density at radius 3 is 2.46 bits per heavy atom. The summed E-state index contributed by atoms with van der Waals surface area (Å²) in [5.41, 5.74) is 4.10. The fourth-order valence-electron chi connectivity index (χ4n) is 2.72. The molecule has 0 saturated heterocycles. The first-order chi connectivity index (χ1) is 12.0. The highest BCUT2D eigenvalue weighted by Crippen LogP contribution is 2.22. The SMILES string of the molecule is Cc1nn(CC(=O)c2c(N)n(CC(C)C)c(=O)[nH]c2=O)c(C)c1[N+](=O)[O-]. The molecule has 0 amide bonds. The number of nitrogens with zero attached hydrogens (tertiary/aromatic N) is 4. The smallest absolute Gasteiger partial charge is 0.329 e. The molecule has 2 heterocycles. The van der Waals surface area contributed by atoms with Gasteiger partial charge in [-0.2, -0.15) is 5.10 Å². The maximum absolute atomic E-state index is 12.6. The molecule has 11 heteroatoms. The molecule has 2 aromatic heterocycles. The summed E-state index contributed by atoms with van der Waals surface area (Å²) >= 11 is 0. The van der Waals surface area contributed by atoms with Gasteiger partial charge >= 0.3 is 11.4 Å². The molecule has 2 aromatic rings. The molecule has 0 atom stereocenters. The zero-order valence-electron chi connectivity index (χ0n) is 14.9. The van der Waals surface area contributed by atoms with Crippen LogP contribution in [0.15, 0.2) is 9.59 Å². The van der Waals surface area contributed by atoms with Crippen molar-refractivity contribution < 1.29 is 9.72 Å². The van der Waals surface area contributed by atoms with Gasteiger partial charge in [0.05, 0.1) is 4.92 Å². The Hall–Kier alpha value is -3.24. The summed E-state index contributed by atoms with van der Waals surface area (Å²) < 4.78 is 2.27. The van der Waals surface area contributed by atoms with E-state index in [4.69, 9.17) is 5.73 Å². The molecule has 2 rings (SSSR count). The van der Waals surface area contributed by atoms with Gasteiger partial charge in [0.2, 0.25) is 0 Å². The number of nitrogen functional groups attached to an aromatic ring is 1. The summed E-state index contributed by atoms with van der Waals surface area (Å²) in [6.07, 6.45) is 0. The zero-order valence-corrected chi connectivity index (χ0v) is 14.9. The Kier molecular flexibility index (Phi) is 5.10. The highest BCUT2D eigenvalue weighted by molar-refractivity contribution is 5.99. The van der Waals surface area contributed by atoms with Gasteiger partial charge in [-0.3, -0.25) is 33.9 Å². The van der Waals surface area contributed by atoms with Crippen LogP contribution in [0.2, 0.25) is 0 Å². The monoisotopic (exact) mass is 364 g/mol. The van der Waals surface area contributed by atoms with Crippen LogP contribution in [0.3, 0.4) is 0 Å². The molecule has 0 aliphatic heterocycles. The maximum Gasteiger partial charge on any atom is 0.329 e. The lowest BCUT2D eigenvalue weighted by atomic mass is 10.1. The molecular weight excluding hydrogens is 344 g/mol. The number of nitrogens with one attached hydrogen (secondary N) is 1. The maximum atomic E-state index is 12.6. The van der Waals surface area contributed by atoms with Crippen molar-refractivity contribution in [2.45, 2.75) is 40.8 Å². The van der Waals surface area contributed by atoms with Gasteiger partial charge < -0.3 is 5.73 Å². The second-order valence-corrected chi connectivity index (χ2v) is 6.38. The number of hydrogen-bond donors (Lipinski definition) is 2. The third-order valence-electron chi connectivity index (χ3n) is 3.89. The third kappa shape index (κ3) is 3.41. The highest BCUT2D eigenvalue weighted by atomic mass is 16.6. The average Bonchev–Trinajstić information content (AvgIpc) is 2.77. The summed E-state index contributed by atoms with van der Waals surface area (Å²) in [4.78, 5) is 49.2. The first-order valence-electron chi connectivity index (χ1n) is 7.88. The van der Waals surface area contributed by atoms with Crippen molar-refractivity contribution in [2.24, 2.45) is 5.92 Å². The summed E-state index contributed by atoms with van der Waals surface area (Å²) in [5, 5.41) is 15.0. The number of carbonyl (C=O) groups excluding carboxylic acids is 1. The number of aryl methyl sites for hydroxylation is 1. The van der Waals surface area contributed by atoms with Gasteiger partial charge in [-0.25, -0.2) is 4.79 Å². The van der Waals surface area contributed by atoms with Gasteiger partial charge in [0.25, 0.3) is 5.56 Å². The van der Waals surface area contributed by atoms with Crippen molar-refractivity contribution in [1.82, 2.24) is 19.3 Å². The largest absolute Gasteiger partial charge is 0.384 e. The van der Waals surface area contributed by atoms with E-state index in [9.17, 15) is 24.5 Å². The van der Waals surface area contributed by atoms with Gasteiger partial charge in [-0.15, -0.1) is 0 Å². The van der Waals surface area contributed by atoms with Crippen LogP contribution < -0.4 is 17.0 Å². The lowest BCUT2D eigenvalue weighted by Crippen LogP contribution is -2.37. The summed E-state index contributed by atoms with van der Waals surface area (Å²) in [7, 11) is 0. The van der Waals surface area contributed by atoms with Crippen LogP contribution >= 0.6 is 0 Å². The van der Waals surface area contributed by atoms with Gasteiger partial charge in [0.1, 0.15) is 29.3 Å². The van der Waals surface area contributed by atoms with E-state index in [1.54, 1.807) is 0 Å².